The molecule has 0 heterocycles. The lowest BCUT2D eigenvalue weighted by atomic mass is 9.98. The quantitative estimate of drug-likeness (QED) is 0.482. The van der Waals surface area contributed by atoms with Crippen LogP contribution in [0.5, 0.6) is 0 Å². The number of ketones is 2. The van der Waals surface area contributed by atoms with Gasteiger partial charge in [0.1, 0.15) is 11.2 Å². The molecule has 114 valence electrons. The van der Waals surface area contributed by atoms with Gasteiger partial charge in [-0.2, -0.15) is 0 Å². The van der Waals surface area contributed by atoms with E-state index in [1.54, 1.807) is 41.5 Å². The van der Waals surface area contributed by atoms with Crippen molar-refractivity contribution in [1.82, 2.24) is 0 Å². The lowest BCUT2D eigenvalue weighted by Gasteiger charge is -2.27. The second-order valence-corrected chi connectivity index (χ2v) is 5.94. The fraction of sp³-hybridized carbons (Fsp3) is 0.625. The summed E-state index contributed by atoms with van der Waals surface area (Å²) in [5.74, 6) is -0.287. The maximum Gasteiger partial charge on any atom is 0.189 e. The fourth-order valence-corrected chi connectivity index (χ4v) is 1.75. The number of hydrogen-bond donors (Lipinski definition) is 0. The lowest BCUT2D eigenvalue weighted by Crippen LogP contribution is -2.39. The third-order valence-electron chi connectivity index (χ3n) is 2.88. The third kappa shape index (κ3) is 5.39. The summed E-state index contributed by atoms with van der Waals surface area (Å²) in [4.78, 5) is 23.6. The zero-order valence-corrected chi connectivity index (χ0v) is 13.5. The molecule has 0 saturated carbocycles. The molecule has 0 aliphatic carbocycles. The molecule has 0 radical (unpaired) electrons. The molecule has 4 nitrogen and oxygen atoms in total. The van der Waals surface area contributed by atoms with E-state index in [4.69, 9.17) is 9.47 Å². The molecule has 0 aliphatic heterocycles. The van der Waals surface area contributed by atoms with Crippen molar-refractivity contribution in [3.8, 4) is 0 Å². The molecule has 0 aromatic carbocycles. The summed E-state index contributed by atoms with van der Waals surface area (Å²) in [6.45, 7) is 17.7. The van der Waals surface area contributed by atoms with Crippen LogP contribution in [0.15, 0.2) is 24.3 Å². The van der Waals surface area contributed by atoms with Crippen molar-refractivity contribution < 1.29 is 19.1 Å². The van der Waals surface area contributed by atoms with E-state index in [-0.39, 0.29) is 24.8 Å². The minimum Gasteiger partial charge on any atom is -0.365 e. The van der Waals surface area contributed by atoms with Crippen molar-refractivity contribution in [2.75, 3.05) is 13.2 Å². The second-order valence-electron chi connectivity index (χ2n) is 5.94. The van der Waals surface area contributed by atoms with Crippen LogP contribution in [0, 0.1) is 0 Å². The molecule has 0 aromatic heterocycles. The predicted molar refractivity (Wildman–Crippen MR) is 79.7 cm³/mol. The highest BCUT2D eigenvalue weighted by molar-refractivity contribution is 6.00. The summed E-state index contributed by atoms with van der Waals surface area (Å²) in [6, 6.07) is 0. The predicted octanol–water partition coefficient (Wildman–Crippen LogP) is 2.87. The van der Waals surface area contributed by atoms with Gasteiger partial charge in [-0.05, 0) is 52.7 Å². The molecule has 0 N–H and O–H groups in total. The van der Waals surface area contributed by atoms with Crippen LogP contribution in [0.1, 0.15) is 41.5 Å². The van der Waals surface area contributed by atoms with Gasteiger partial charge in [0.15, 0.2) is 11.6 Å². The van der Waals surface area contributed by atoms with Gasteiger partial charge in [0.25, 0.3) is 0 Å². The van der Waals surface area contributed by atoms with E-state index in [0.29, 0.717) is 11.1 Å². The third-order valence-corrected chi connectivity index (χ3v) is 2.88. The van der Waals surface area contributed by atoms with Crippen LogP contribution in [-0.4, -0.2) is 36.0 Å². The fourth-order valence-electron chi connectivity index (χ4n) is 1.75. The Kier molecular flexibility index (Phi) is 6.51. The van der Waals surface area contributed by atoms with E-state index in [2.05, 4.69) is 13.2 Å². The molecule has 4 heteroatoms. The van der Waals surface area contributed by atoms with Crippen LogP contribution in [-0.2, 0) is 19.1 Å². The molecule has 20 heavy (non-hydrogen) atoms. The van der Waals surface area contributed by atoms with Crippen LogP contribution in [0.2, 0.25) is 0 Å². The smallest absolute Gasteiger partial charge is 0.189 e. The monoisotopic (exact) mass is 282 g/mol. The molecular weight excluding hydrogens is 256 g/mol. The first-order valence-electron chi connectivity index (χ1n) is 6.60. The van der Waals surface area contributed by atoms with Crippen LogP contribution in [0.25, 0.3) is 0 Å². The Bertz CT molecular complexity index is 376. The van der Waals surface area contributed by atoms with Crippen molar-refractivity contribution in [3.63, 3.8) is 0 Å². The first kappa shape index (κ1) is 18.7. The minimum absolute atomic E-state index is 0.144. The Hall–Kier alpha value is -1.26. The summed E-state index contributed by atoms with van der Waals surface area (Å²) in [6.07, 6.45) is 0. The average molecular weight is 282 g/mol. The van der Waals surface area contributed by atoms with Crippen LogP contribution in [0.3, 0.4) is 0 Å². The highest BCUT2D eigenvalue weighted by atomic mass is 16.5. The van der Waals surface area contributed by atoms with Crippen molar-refractivity contribution in [3.05, 3.63) is 24.3 Å². The second kappa shape index (κ2) is 6.95. The number of rotatable bonds is 9. The van der Waals surface area contributed by atoms with Gasteiger partial charge >= 0.3 is 0 Å². The van der Waals surface area contributed by atoms with Crippen LogP contribution >= 0.6 is 0 Å². The molecule has 0 unspecified atom stereocenters. The standard InChI is InChI=1S/C16H26O4/c1-11(2)13(17)15(5,6)19-9-10-20-16(7,8)14(18)12(3)4/h1,3,9-10H2,2,4-8H3. The number of carbonyl (C=O) groups excluding carboxylic acids is 2. The summed E-state index contributed by atoms with van der Waals surface area (Å²) in [5.41, 5.74) is -0.961. The van der Waals surface area contributed by atoms with Gasteiger partial charge in [-0.25, -0.2) is 0 Å². The van der Waals surface area contributed by atoms with E-state index >= 15 is 0 Å². The number of Topliss-reactive ketones (excluding diaryl/α,β-unsaturated/α-hetero) is 2. The summed E-state index contributed by atoms with van der Waals surface area (Å²) in [7, 11) is 0. The van der Waals surface area contributed by atoms with Gasteiger partial charge < -0.3 is 9.47 Å². The number of carbonyl (C=O) groups is 2. The normalized spacial score (nSPS) is 12.1. The molecule has 0 aliphatic rings. The first-order valence-corrected chi connectivity index (χ1v) is 6.60. The maximum absolute atomic E-state index is 11.8. The van der Waals surface area contributed by atoms with Gasteiger partial charge in [-0.3, -0.25) is 9.59 Å². The van der Waals surface area contributed by atoms with E-state index in [1.807, 2.05) is 0 Å². The number of hydrogen-bond acceptors (Lipinski definition) is 4. The number of ether oxygens (including phenoxy) is 2. The molecule has 0 rings (SSSR count). The Morgan fingerprint density at radius 3 is 1.25 bits per heavy atom. The Balaban J connectivity index is 4.34. The summed E-state index contributed by atoms with van der Waals surface area (Å²) >= 11 is 0. The van der Waals surface area contributed by atoms with Crippen LogP contribution in [0.4, 0.5) is 0 Å². The Labute approximate surface area is 121 Å². The van der Waals surface area contributed by atoms with E-state index in [0.717, 1.165) is 0 Å². The highest BCUT2D eigenvalue weighted by Gasteiger charge is 2.31. The van der Waals surface area contributed by atoms with E-state index in [9.17, 15) is 9.59 Å². The van der Waals surface area contributed by atoms with Gasteiger partial charge in [-0.1, -0.05) is 13.2 Å². The van der Waals surface area contributed by atoms with Crippen molar-refractivity contribution in [2.24, 2.45) is 0 Å². The van der Waals surface area contributed by atoms with E-state index in [1.165, 1.54) is 0 Å². The lowest BCUT2D eigenvalue weighted by molar-refractivity contribution is -0.147. The largest absolute Gasteiger partial charge is 0.365 e. The van der Waals surface area contributed by atoms with Gasteiger partial charge in [-0.15, -0.1) is 0 Å². The average Bonchev–Trinajstić information content (AvgIpc) is 2.32. The van der Waals surface area contributed by atoms with Crippen LogP contribution < -0.4 is 0 Å². The minimum atomic E-state index is -0.933. The molecule has 0 aromatic rings. The summed E-state index contributed by atoms with van der Waals surface area (Å²) in [5, 5.41) is 0. The highest BCUT2D eigenvalue weighted by Crippen LogP contribution is 2.17. The molecular formula is C16H26O4. The molecule has 0 fully saturated rings. The molecule has 0 amide bonds. The molecule has 0 bridgehead atoms. The topological polar surface area (TPSA) is 52.6 Å². The maximum atomic E-state index is 11.8. The summed E-state index contributed by atoms with van der Waals surface area (Å²) < 4.78 is 11.0. The zero-order valence-electron chi connectivity index (χ0n) is 13.5. The molecule has 0 spiro atoms. The van der Waals surface area contributed by atoms with Crippen molar-refractivity contribution in [2.45, 2.75) is 52.7 Å². The molecule has 0 saturated heterocycles. The van der Waals surface area contributed by atoms with Crippen molar-refractivity contribution in [1.29, 1.82) is 0 Å². The Morgan fingerprint density at radius 2 is 1.05 bits per heavy atom. The van der Waals surface area contributed by atoms with E-state index < -0.39 is 11.2 Å². The van der Waals surface area contributed by atoms with Gasteiger partial charge in [0, 0.05) is 0 Å². The first-order chi connectivity index (χ1) is 8.92. The zero-order chi connectivity index (χ0) is 16.1. The van der Waals surface area contributed by atoms with Crippen molar-refractivity contribution >= 4 is 11.6 Å². The SMILES string of the molecule is C=C(C)C(=O)C(C)(C)OCCOC(C)(C)C(=O)C(=C)C. The van der Waals surface area contributed by atoms with Gasteiger partial charge in [0.05, 0.1) is 13.2 Å². The Morgan fingerprint density at radius 1 is 0.800 bits per heavy atom. The van der Waals surface area contributed by atoms with Gasteiger partial charge in [0.2, 0.25) is 0 Å². The molecule has 0 atom stereocenters.